The van der Waals surface area contributed by atoms with Crippen LogP contribution in [0.5, 0.6) is 5.75 Å². The SMILES string of the molecule is O=C(c1ccc(N2CCOCC2)cc1)N1CC(Oc2ccnc(C(F)(F)F)c2)C1. The normalized spacial score (nSPS) is 17.8. The van der Waals surface area contributed by atoms with Crippen LogP contribution >= 0.6 is 0 Å². The van der Waals surface area contributed by atoms with E-state index in [0.717, 1.165) is 31.0 Å². The second-order valence-electron chi connectivity index (χ2n) is 6.97. The molecule has 6 nitrogen and oxygen atoms in total. The zero-order valence-electron chi connectivity index (χ0n) is 15.6. The summed E-state index contributed by atoms with van der Waals surface area (Å²) < 4.78 is 49.1. The van der Waals surface area contributed by atoms with Gasteiger partial charge in [-0.2, -0.15) is 13.2 Å². The third kappa shape index (κ3) is 4.45. The number of hydrogen-bond donors (Lipinski definition) is 0. The molecule has 1 aromatic heterocycles. The van der Waals surface area contributed by atoms with Crippen molar-refractivity contribution in [3.05, 3.63) is 53.9 Å². The fraction of sp³-hybridized carbons (Fsp3) is 0.400. The van der Waals surface area contributed by atoms with Gasteiger partial charge in [0, 0.05) is 36.6 Å². The summed E-state index contributed by atoms with van der Waals surface area (Å²) in [6.07, 6.45) is -3.79. The Bertz CT molecular complexity index is 861. The predicted molar refractivity (Wildman–Crippen MR) is 99.0 cm³/mol. The van der Waals surface area contributed by atoms with E-state index in [-0.39, 0.29) is 17.8 Å². The van der Waals surface area contributed by atoms with Crippen molar-refractivity contribution in [3.63, 3.8) is 0 Å². The van der Waals surface area contributed by atoms with Crippen LogP contribution in [0, 0.1) is 0 Å². The lowest BCUT2D eigenvalue weighted by molar-refractivity contribution is -0.141. The summed E-state index contributed by atoms with van der Waals surface area (Å²) in [7, 11) is 0. The lowest BCUT2D eigenvalue weighted by Crippen LogP contribution is -2.56. The highest BCUT2D eigenvalue weighted by Crippen LogP contribution is 2.30. The highest BCUT2D eigenvalue weighted by atomic mass is 19.4. The van der Waals surface area contributed by atoms with E-state index < -0.39 is 11.9 Å². The zero-order valence-corrected chi connectivity index (χ0v) is 15.6. The Morgan fingerprint density at radius 3 is 2.45 bits per heavy atom. The van der Waals surface area contributed by atoms with Gasteiger partial charge in [-0.05, 0) is 30.3 Å². The number of pyridine rings is 1. The quantitative estimate of drug-likeness (QED) is 0.780. The van der Waals surface area contributed by atoms with Gasteiger partial charge in [-0.15, -0.1) is 0 Å². The number of aromatic nitrogens is 1. The minimum Gasteiger partial charge on any atom is -0.487 e. The fourth-order valence-electron chi connectivity index (χ4n) is 3.33. The second-order valence-corrected chi connectivity index (χ2v) is 6.97. The minimum absolute atomic E-state index is 0.0966. The van der Waals surface area contributed by atoms with Gasteiger partial charge in [0.25, 0.3) is 5.91 Å². The lowest BCUT2D eigenvalue weighted by Gasteiger charge is -2.39. The molecular weight excluding hydrogens is 387 g/mol. The first-order valence-corrected chi connectivity index (χ1v) is 9.32. The summed E-state index contributed by atoms with van der Waals surface area (Å²) in [5, 5.41) is 0. The topological polar surface area (TPSA) is 54.9 Å². The number of ether oxygens (including phenoxy) is 2. The van der Waals surface area contributed by atoms with Crippen molar-refractivity contribution in [2.45, 2.75) is 12.3 Å². The van der Waals surface area contributed by atoms with Crippen molar-refractivity contribution in [1.29, 1.82) is 0 Å². The molecule has 154 valence electrons. The molecule has 0 spiro atoms. The number of rotatable bonds is 4. The van der Waals surface area contributed by atoms with E-state index in [4.69, 9.17) is 9.47 Å². The summed E-state index contributed by atoms with van der Waals surface area (Å²) in [6, 6.07) is 9.67. The second kappa shape index (κ2) is 7.90. The Hall–Kier alpha value is -2.81. The Kier molecular flexibility index (Phi) is 5.31. The minimum atomic E-state index is -4.52. The van der Waals surface area contributed by atoms with Gasteiger partial charge >= 0.3 is 6.18 Å². The molecule has 1 amide bonds. The Balaban J connectivity index is 1.31. The Morgan fingerprint density at radius 2 is 1.79 bits per heavy atom. The molecule has 9 heteroatoms. The summed E-state index contributed by atoms with van der Waals surface area (Å²) in [4.78, 5) is 19.7. The number of nitrogens with zero attached hydrogens (tertiary/aromatic N) is 3. The number of halogens is 3. The standard InChI is InChI=1S/C20H20F3N3O3/c21-20(22,23)18-11-16(5-6-24-18)29-17-12-26(13-17)19(27)14-1-3-15(4-2-14)25-7-9-28-10-8-25/h1-6,11,17H,7-10,12-13H2. The molecule has 0 radical (unpaired) electrons. The molecule has 2 aliphatic heterocycles. The smallest absolute Gasteiger partial charge is 0.433 e. The number of carbonyl (C=O) groups excluding carboxylic acids is 1. The third-order valence-corrected chi connectivity index (χ3v) is 4.95. The van der Waals surface area contributed by atoms with Gasteiger partial charge in [0.15, 0.2) is 0 Å². The molecule has 2 aromatic rings. The molecule has 0 atom stereocenters. The fourth-order valence-corrected chi connectivity index (χ4v) is 3.33. The molecule has 0 unspecified atom stereocenters. The molecule has 2 saturated heterocycles. The first-order chi connectivity index (χ1) is 13.9. The van der Waals surface area contributed by atoms with Crippen molar-refractivity contribution in [2.75, 3.05) is 44.3 Å². The number of amides is 1. The third-order valence-electron chi connectivity index (χ3n) is 4.95. The number of carbonyl (C=O) groups is 1. The van der Waals surface area contributed by atoms with E-state index in [2.05, 4.69) is 9.88 Å². The largest absolute Gasteiger partial charge is 0.487 e. The lowest BCUT2D eigenvalue weighted by atomic mass is 10.1. The van der Waals surface area contributed by atoms with Crippen LogP contribution in [-0.4, -0.2) is 61.3 Å². The van der Waals surface area contributed by atoms with Crippen molar-refractivity contribution in [2.24, 2.45) is 0 Å². The molecule has 1 aromatic carbocycles. The van der Waals surface area contributed by atoms with Crippen molar-refractivity contribution >= 4 is 11.6 Å². The molecule has 0 bridgehead atoms. The van der Waals surface area contributed by atoms with E-state index in [0.29, 0.717) is 31.9 Å². The van der Waals surface area contributed by atoms with Gasteiger partial charge in [0.05, 0.1) is 26.3 Å². The van der Waals surface area contributed by atoms with E-state index in [1.165, 1.54) is 6.07 Å². The van der Waals surface area contributed by atoms with Crippen LogP contribution in [0.15, 0.2) is 42.6 Å². The number of hydrogen-bond acceptors (Lipinski definition) is 5. The van der Waals surface area contributed by atoms with E-state index in [9.17, 15) is 18.0 Å². The van der Waals surface area contributed by atoms with Crippen LogP contribution in [0.3, 0.4) is 0 Å². The van der Waals surface area contributed by atoms with E-state index in [1.54, 1.807) is 17.0 Å². The van der Waals surface area contributed by atoms with Gasteiger partial charge in [0.2, 0.25) is 0 Å². The van der Waals surface area contributed by atoms with E-state index >= 15 is 0 Å². The molecule has 2 fully saturated rings. The predicted octanol–water partition coefficient (Wildman–Crippen LogP) is 2.84. The molecule has 0 aliphatic carbocycles. The number of alkyl halides is 3. The van der Waals surface area contributed by atoms with E-state index in [1.807, 2.05) is 12.1 Å². The molecule has 0 N–H and O–H groups in total. The average molecular weight is 407 g/mol. The number of morpholine rings is 1. The van der Waals surface area contributed by atoms with Gasteiger partial charge < -0.3 is 19.3 Å². The van der Waals surface area contributed by atoms with Gasteiger partial charge in [0.1, 0.15) is 17.5 Å². The maximum Gasteiger partial charge on any atom is 0.433 e. The summed E-state index contributed by atoms with van der Waals surface area (Å²) in [6.45, 7) is 3.68. The number of benzene rings is 1. The summed E-state index contributed by atoms with van der Waals surface area (Å²) in [5.41, 5.74) is 0.624. The van der Waals surface area contributed by atoms with Crippen LogP contribution < -0.4 is 9.64 Å². The molecule has 0 saturated carbocycles. The maximum absolute atomic E-state index is 12.7. The van der Waals surface area contributed by atoms with Gasteiger partial charge in [-0.1, -0.05) is 0 Å². The Labute approximate surface area is 165 Å². The van der Waals surface area contributed by atoms with Crippen molar-refractivity contribution in [1.82, 2.24) is 9.88 Å². The van der Waals surface area contributed by atoms with Gasteiger partial charge in [-0.25, -0.2) is 0 Å². The Morgan fingerprint density at radius 1 is 1.10 bits per heavy atom. The van der Waals surface area contributed by atoms with Crippen LogP contribution in [-0.2, 0) is 10.9 Å². The number of likely N-dealkylation sites (tertiary alicyclic amines) is 1. The summed E-state index contributed by atoms with van der Waals surface area (Å²) >= 11 is 0. The van der Waals surface area contributed by atoms with Crippen LogP contribution in [0.2, 0.25) is 0 Å². The molecular formula is C20H20F3N3O3. The highest BCUT2D eigenvalue weighted by molar-refractivity contribution is 5.95. The van der Waals surface area contributed by atoms with Crippen molar-refractivity contribution in [3.8, 4) is 5.75 Å². The highest BCUT2D eigenvalue weighted by Gasteiger charge is 2.35. The average Bonchev–Trinajstić information content (AvgIpc) is 2.70. The van der Waals surface area contributed by atoms with Gasteiger partial charge in [-0.3, -0.25) is 9.78 Å². The van der Waals surface area contributed by atoms with Crippen LogP contribution in [0.25, 0.3) is 0 Å². The van der Waals surface area contributed by atoms with Crippen LogP contribution in [0.4, 0.5) is 18.9 Å². The zero-order chi connectivity index (χ0) is 20.4. The van der Waals surface area contributed by atoms with Crippen LogP contribution in [0.1, 0.15) is 16.1 Å². The molecule has 2 aliphatic rings. The van der Waals surface area contributed by atoms with Crippen molar-refractivity contribution < 1.29 is 27.4 Å². The molecule has 4 rings (SSSR count). The molecule has 3 heterocycles. The first kappa shape index (κ1) is 19.5. The number of anilines is 1. The molecule has 29 heavy (non-hydrogen) atoms. The first-order valence-electron chi connectivity index (χ1n) is 9.32. The monoisotopic (exact) mass is 407 g/mol. The summed E-state index contributed by atoms with van der Waals surface area (Å²) in [5.74, 6) is -0.0247. The maximum atomic E-state index is 12.7.